The van der Waals surface area contributed by atoms with E-state index in [1.807, 2.05) is 31.2 Å². The number of anilines is 1. The molecule has 0 atom stereocenters. The summed E-state index contributed by atoms with van der Waals surface area (Å²) in [4.78, 5) is 12.4. The quantitative estimate of drug-likeness (QED) is 0.614. The Morgan fingerprint density at radius 3 is 2.52 bits per heavy atom. The summed E-state index contributed by atoms with van der Waals surface area (Å²) in [7, 11) is 1.79. The number of amides is 1. The van der Waals surface area contributed by atoms with Crippen molar-refractivity contribution >= 4 is 27.7 Å². The van der Waals surface area contributed by atoms with Gasteiger partial charge in [0, 0.05) is 17.1 Å². The Balaban J connectivity index is 1.67. The first-order valence-electron chi connectivity index (χ1n) is 8.42. The molecular formula is C20H19BrFN3O2. The highest BCUT2D eigenvalue weighted by molar-refractivity contribution is 9.10. The standard InChI is InChI=1S/C20H19BrFN3O2/c1-13-19(14-3-5-15(21)6-4-14)20(25(2)24-13)23-18(26)11-12-27-17-9-7-16(22)8-10-17/h3-10H,11-12H2,1-2H3,(H,23,26). The van der Waals surface area contributed by atoms with Gasteiger partial charge in [-0.3, -0.25) is 9.48 Å². The molecule has 0 unspecified atom stereocenters. The fourth-order valence-electron chi connectivity index (χ4n) is 2.75. The van der Waals surface area contributed by atoms with Crippen LogP contribution in [0.25, 0.3) is 11.1 Å². The van der Waals surface area contributed by atoms with E-state index in [-0.39, 0.29) is 24.8 Å². The summed E-state index contributed by atoms with van der Waals surface area (Å²) in [5.41, 5.74) is 2.69. The number of ether oxygens (including phenoxy) is 1. The van der Waals surface area contributed by atoms with Crippen molar-refractivity contribution in [2.24, 2.45) is 7.05 Å². The van der Waals surface area contributed by atoms with Crippen LogP contribution < -0.4 is 10.1 Å². The van der Waals surface area contributed by atoms with Gasteiger partial charge < -0.3 is 10.1 Å². The summed E-state index contributed by atoms with van der Waals surface area (Å²) in [6.07, 6.45) is 0.168. The van der Waals surface area contributed by atoms with Crippen molar-refractivity contribution in [1.82, 2.24) is 9.78 Å². The second-order valence-corrected chi connectivity index (χ2v) is 6.96. The second-order valence-electron chi connectivity index (χ2n) is 6.04. The largest absolute Gasteiger partial charge is 0.493 e. The Labute approximate surface area is 165 Å². The molecule has 3 aromatic rings. The summed E-state index contributed by atoms with van der Waals surface area (Å²) in [6, 6.07) is 13.5. The Morgan fingerprint density at radius 2 is 1.85 bits per heavy atom. The zero-order valence-electron chi connectivity index (χ0n) is 15.0. The van der Waals surface area contributed by atoms with E-state index in [4.69, 9.17) is 4.74 Å². The van der Waals surface area contributed by atoms with Crippen LogP contribution in [0.15, 0.2) is 53.0 Å². The molecule has 0 spiro atoms. The van der Waals surface area contributed by atoms with Gasteiger partial charge in [-0.25, -0.2) is 4.39 Å². The van der Waals surface area contributed by atoms with E-state index in [1.54, 1.807) is 11.7 Å². The number of aromatic nitrogens is 2. The number of carbonyl (C=O) groups is 1. The van der Waals surface area contributed by atoms with Gasteiger partial charge in [-0.2, -0.15) is 5.10 Å². The number of hydrogen-bond donors (Lipinski definition) is 1. The summed E-state index contributed by atoms with van der Waals surface area (Å²) in [5, 5.41) is 7.34. The molecule has 0 aliphatic carbocycles. The summed E-state index contributed by atoms with van der Waals surface area (Å²) < 4.78 is 21.0. The minimum Gasteiger partial charge on any atom is -0.493 e. The van der Waals surface area contributed by atoms with Crippen molar-refractivity contribution in [3.63, 3.8) is 0 Å². The Bertz CT molecular complexity index is 937. The van der Waals surface area contributed by atoms with E-state index in [9.17, 15) is 9.18 Å². The smallest absolute Gasteiger partial charge is 0.228 e. The molecule has 0 aliphatic heterocycles. The lowest BCUT2D eigenvalue weighted by molar-refractivity contribution is -0.116. The zero-order valence-corrected chi connectivity index (χ0v) is 16.6. The molecular weight excluding hydrogens is 413 g/mol. The van der Waals surface area contributed by atoms with Crippen molar-refractivity contribution in [2.75, 3.05) is 11.9 Å². The van der Waals surface area contributed by atoms with Gasteiger partial charge in [-0.1, -0.05) is 28.1 Å². The lowest BCUT2D eigenvalue weighted by Gasteiger charge is -2.10. The van der Waals surface area contributed by atoms with Crippen molar-refractivity contribution < 1.29 is 13.9 Å². The molecule has 1 amide bonds. The van der Waals surface area contributed by atoms with Crippen LogP contribution in [0.3, 0.4) is 0 Å². The molecule has 0 aliphatic rings. The topological polar surface area (TPSA) is 56.2 Å². The Morgan fingerprint density at radius 1 is 1.19 bits per heavy atom. The number of carbonyl (C=O) groups excluding carboxylic acids is 1. The van der Waals surface area contributed by atoms with Gasteiger partial charge in [0.25, 0.3) is 0 Å². The predicted molar refractivity (Wildman–Crippen MR) is 106 cm³/mol. The molecule has 0 saturated heterocycles. The van der Waals surface area contributed by atoms with Crippen LogP contribution in [0, 0.1) is 12.7 Å². The van der Waals surface area contributed by atoms with Crippen LogP contribution in [0.4, 0.5) is 10.2 Å². The van der Waals surface area contributed by atoms with Gasteiger partial charge >= 0.3 is 0 Å². The normalized spacial score (nSPS) is 10.7. The van der Waals surface area contributed by atoms with Gasteiger partial charge in [0.15, 0.2) is 0 Å². The molecule has 2 aromatic carbocycles. The van der Waals surface area contributed by atoms with Crippen LogP contribution in [-0.2, 0) is 11.8 Å². The number of benzene rings is 2. The number of nitrogens with one attached hydrogen (secondary N) is 1. The second kappa shape index (κ2) is 8.35. The molecule has 0 radical (unpaired) electrons. The Kier molecular flexibility index (Phi) is 5.91. The number of nitrogens with zero attached hydrogens (tertiary/aromatic N) is 2. The van der Waals surface area contributed by atoms with E-state index in [0.29, 0.717) is 11.6 Å². The molecule has 0 fully saturated rings. The summed E-state index contributed by atoms with van der Waals surface area (Å²) in [6.45, 7) is 2.10. The highest BCUT2D eigenvalue weighted by atomic mass is 79.9. The third-order valence-corrected chi connectivity index (χ3v) is 4.55. The van der Waals surface area contributed by atoms with Crippen molar-refractivity contribution in [2.45, 2.75) is 13.3 Å². The first kappa shape index (κ1) is 19.1. The first-order valence-corrected chi connectivity index (χ1v) is 9.21. The van der Waals surface area contributed by atoms with Gasteiger partial charge in [0.05, 0.1) is 18.7 Å². The van der Waals surface area contributed by atoms with Crippen LogP contribution in [-0.4, -0.2) is 22.3 Å². The number of halogens is 2. The fourth-order valence-corrected chi connectivity index (χ4v) is 3.02. The van der Waals surface area contributed by atoms with Crippen LogP contribution in [0.5, 0.6) is 5.75 Å². The van der Waals surface area contributed by atoms with E-state index >= 15 is 0 Å². The Hall–Kier alpha value is -2.67. The molecule has 1 N–H and O–H groups in total. The van der Waals surface area contributed by atoms with E-state index in [2.05, 4.69) is 26.3 Å². The SMILES string of the molecule is Cc1nn(C)c(NC(=O)CCOc2ccc(F)cc2)c1-c1ccc(Br)cc1. The maximum absolute atomic E-state index is 12.9. The fraction of sp³-hybridized carbons (Fsp3) is 0.200. The third-order valence-electron chi connectivity index (χ3n) is 4.02. The van der Waals surface area contributed by atoms with Crippen molar-refractivity contribution in [3.8, 4) is 16.9 Å². The molecule has 1 heterocycles. The first-order chi connectivity index (χ1) is 12.9. The zero-order chi connectivity index (χ0) is 19.4. The molecule has 140 valence electrons. The molecule has 0 bridgehead atoms. The third kappa shape index (κ3) is 4.74. The molecule has 7 heteroatoms. The predicted octanol–water partition coefficient (Wildman–Crippen LogP) is 4.70. The van der Waals surface area contributed by atoms with Gasteiger partial charge in [-0.05, 0) is 48.9 Å². The van der Waals surface area contributed by atoms with Gasteiger partial charge in [0.1, 0.15) is 17.4 Å². The molecule has 3 rings (SSSR count). The number of hydrogen-bond acceptors (Lipinski definition) is 3. The van der Waals surface area contributed by atoms with Crippen LogP contribution >= 0.6 is 15.9 Å². The average Bonchev–Trinajstić information content (AvgIpc) is 2.91. The van der Waals surface area contributed by atoms with Crippen LogP contribution in [0.1, 0.15) is 12.1 Å². The van der Waals surface area contributed by atoms with Crippen LogP contribution in [0.2, 0.25) is 0 Å². The monoisotopic (exact) mass is 431 g/mol. The minimum absolute atomic E-state index is 0.168. The lowest BCUT2D eigenvalue weighted by atomic mass is 10.1. The molecule has 0 saturated carbocycles. The average molecular weight is 432 g/mol. The molecule has 1 aromatic heterocycles. The summed E-state index contributed by atoms with van der Waals surface area (Å²) >= 11 is 3.43. The van der Waals surface area contributed by atoms with E-state index in [1.165, 1.54) is 24.3 Å². The van der Waals surface area contributed by atoms with Crippen molar-refractivity contribution in [1.29, 1.82) is 0 Å². The minimum atomic E-state index is -0.327. The maximum Gasteiger partial charge on any atom is 0.228 e. The number of rotatable bonds is 6. The van der Waals surface area contributed by atoms with E-state index in [0.717, 1.165) is 21.3 Å². The maximum atomic E-state index is 12.9. The molecule has 27 heavy (non-hydrogen) atoms. The lowest BCUT2D eigenvalue weighted by Crippen LogP contribution is -2.17. The van der Waals surface area contributed by atoms with E-state index < -0.39 is 0 Å². The molecule has 5 nitrogen and oxygen atoms in total. The number of aryl methyl sites for hydroxylation is 2. The van der Waals surface area contributed by atoms with Crippen molar-refractivity contribution in [3.05, 3.63) is 64.5 Å². The van der Waals surface area contributed by atoms with Gasteiger partial charge in [0.2, 0.25) is 5.91 Å². The van der Waals surface area contributed by atoms with Gasteiger partial charge in [-0.15, -0.1) is 0 Å². The summed E-state index contributed by atoms with van der Waals surface area (Å²) in [5.74, 6) is 0.656. The highest BCUT2D eigenvalue weighted by Gasteiger charge is 2.17. The highest BCUT2D eigenvalue weighted by Crippen LogP contribution is 2.31.